The van der Waals surface area contributed by atoms with Gasteiger partial charge in [-0.05, 0) is 61.7 Å². The van der Waals surface area contributed by atoms with Crippen LogP contribution >= 0.6 is 11.3 Å². The van der Waals surface area contributed by atoms with E-state index in [0.29, 0.717) is 0 Å². The number of para-hydroxylation sites is 1. The molecule has 30 heavy (non-hydrogen) atoms. The molecule has 0 spiro atoms. The van der Waals surface area contributed by atoms with Crippen molar-refractivity contribution in [2.75, 3.05) is 0 Å². The molecule has 0 radical (unpaired) electrons. The molecule has 0 unspecified atom stereocenters. The summed E-state index contributed by atoms with van der Waals surface area (Å²) in [5.41, 5.74) is 7.74. The zero-order valence-electron chi connectivity index (χ0n) is 19.8. The van der Waals surface area contributed by atoms with Crippen molar-refractivity contribution in [1.82, 2.24) is 9.97 Å². The van der Waals surface area contributed by atoms with E-state index in [1.54, 1.807) is 11.3 Å². The van der Waals surface area contributed by atoms with E-state index in [-0.39, 0.29) is 10.8 Å². The Balaban J connectivity index is 0.000000177. The molecule has 2 nitrogen and oxygen atoms in total. The van der Waals surface area contributed by atoms with E-state index in [2.05, 4.69) is 104 Å². The molecular weight excluding hydrogens is 384 g/mol. The lowest BCUT2D eigenvalue weighted by Crippen LogP contribution is -2.13. The largest absolute Gasteiger partial charge is 0.252 e. The highest BCUT2D eigenvalue weighted by atomic mass is 32.1. The van der Waals surface area contributed by atoms with Gasteiger partial charge in [0.15, 0.2) is 0 Å². The molecule has 0 N–H and O–H groups in total. The van der Waals surface area contributed by atoms with Gasteiger partial charge in [0.25, 0.3) is 0 Å². The van der Waals surface area contributed by atoms with E-state index < -0.39 is 0 Å². The SMILES string of the molecule is CC(C)(C)c1nc2ccccc2s1.Cc1cc2ccc(C(C)(C)C)nc2c(C)c1C. The normalized spacial score (nSPS) is 12.2. The van der Waals surface area contributed by atoms with Crippen molar-refractivity contribution in [3.8, 4) is 0 Å². The van der Waals surface area contributed by atoms with Crippen molar-refractivity contribution in [2.45, 2.75) is 73.1 Å². The van der Waals surface area contributed by atoms with Crippen LogP contribution in [0.1, 0.15) is 68.9 Å². The van der Waals surface area contributed by atoms with Crippen LogP contribution < -0.4 is 0 Å². The van der Waals surface area contributed by atoms with E-state index in [0.717, 1.165) is 16.7 Å². The number of benzene rings is 2. The predicted octanol–water partition coefficient (Wildman–Crippen LogP) is 8.05. The summed E-state index contributed by atoms with van der Waals surface area (Å²) in [4.78, 5) is 9.45. The summed E-state index contributed by atoms with van der Waals surface area (Å²) in [6.45, 7) is 19.7. The van der Waals surface area contributed by atoms with Crippen molar-refractivity contribution in [3.63, 3.8) is 0 Å². The number of nitrogens with zero attached hydrogens (tertiary/aromatic N) is 2. The second-order valence-corrected chi connectivity index (χ2v) is 11.2. The van der Waals surface area contributed by atoms with Gasteiger partial charge in [-0.1, -0.05) is 59.7 Å². The summed E-state index contributed by atoms with van der Waals surface area (Å²) in [6, 6.07) is 14.9. The predicted molar refractivity (Wildman–Crippen MR) is 133 cm³/mol. The minimum atomic E-state index is 0.111. The number of thiazole rings is 1. The molecule has 0 saturated heterocycles. The summed E-state index contributed by atoms with van der Waals surface area (Å²) in [7, 11) is 0. The molecule has 0 bridgehead atoms. The van der Waals surface area contributed by atoms with E-state index >= 15 is 0 Å². The lowest BCUT2D eigenvalue weighted by atomic mass is 9.90. The number of aromatic nitrogens is 2. The molecule has 158 valence electrons. The molecule has 0 aliphatic rings. The first-order chi connectivity index (χ1) is 13.9. The smallest absolute Gasteiger partial charge is 0.0992 e. The Morgan fingerprint density at radius 3 is 2.00 bits per heavy atom. The zero-order chi connectivity index (χ0) is 22.3. The maximum Gasteiger partial charge on any atom is 0.0992 e. The van der Waals surface area contributed by atoms with Gasteiger partial charge in [-0.2, -0.15) is 0 Å². The fourth-order valence-corrected chi connectivity index (χ4v) is 4.34. The highest BCUT2D eigenvalue weighted by Crippen LogP contribution is 2.30. The van der Waals surface area contributed by atoms with Crippen LogP contribution in [0.15, 0.2) is 42.5 Å². The number of aryl methyl sites for hydroxylation is 2. The fourth-order valence-electron chi connectivity index (χ4n) is 3.31. The fraction of sp³-hybridized carbons (Fsp3) is 0.407. The van der Waals surface area contributed by atoms with E-state index in [1.165, 1.54) is 31.8 Å². The molecule has 0 aliphatic heterocycles. The van der Waals surface area contributed by atoms with Gasteiger partial charge in [-0.3, -0.25) is 4.98 Å². The van der Waals surface area contributed by atoms with Gasteiger partial charge < -0.3 is 0 Å². The van der Waals surface area contributed by atoms with Crippen LogP contribution in [0, 0.1) is 20.8 Å². The van der Waals surface area contributed by atoms with Gasteiger partial charge in [0.05, 0.1) is 20.7 Å². The van der Waals surface area contributed by atoms with Gasteiger partial charge in [0.1, 0.15) is 0 Å². The van der Waals surface area contributed by atoms with Crippen LogP contribution in [0.3, 0.4) is 0 Å². The van der Waals surface area contributed by atoms with Gasteiger partial charge in [-0.15, -0.1) is 11.3 Å². The first-order valence-electron chi connectivity index (χ1n) is 10.6. The summed E-state index contributed by atoms with van der Waals surface area (Å²) < 4.78 is 1.28. The number of hydrogen-bond acceptors (Lipinski definition) is 3. The van der Waals surface area contributed by atoms with E-state index in [1.807, 2.05) is 6.07 Å². The zero-order valence-corrected chi connectivity index (χ0v) is 20.7. The molecule has 2 aromatic heterocycles. The van der Waals surface area contributed by atoms with E-state index in [4.69, 9.17) is 4.98 Å². The van der Waals surface area contributed by atoms with Crippen molar-refractivity contribution in [2.24, 2.45) is 0 Å². The van der Waals surface area contributed by atoms with Crippen molar-refractivity contribution >= 4 is 32.5 Å². The van der Waals surface area contributed by atoms with Gasteiger partial charge in [0.2, 0.25) is 0 Å². The Kier molecular flexibility index (Phi) is 6.06. The third-order valence-electron chi connectivity index (χ3n) is 5.51. The quantitative estimate of drug-likeness (QED) is 0.289. The Hall–Kier alpha value is -2.26. The number of hydrogen-bond donors (Lipinski definition) is 0. The molecule has 0 saturated carbocycles. The molecule has 2 heterocycles. The van der Waals surface area contributed by atoms with Crippen LogP contribution in [-0.4, -0.2) is 9.97 Å². The lowest BCUT2D eigenvalue weighted by Gasteiger charge is -2.19. The van der Waals surface area contributed by atoms with Crippen LogP contribution in [-0.2, 0) is 10.8 Å². The second-order valence-electron chi connectivity index (χ2n) is 10.2. The van der Waals surface area contributed by atoms with Gasteiger partial charge in [-0.25, -0.2) is 4.98 Å². The first-order valence-corrected chi connectivity index (χ1v) is 11.4. The minimum absolute atomic E-state index is 0.111. The number of rotatable bonds is 0. The third kappa shape index (κ3) is 4.73. The second kappa shape index (κ2) is 8.11. The highest BCUT2D eigenvalue weighted by Gasteiger charge is 2.18. The molecule has 0 amide bonds. The Labute approximate surface area is 185 Å². The monoisotopic (exact) mass is 418 g/mol. The molecule has 0 fully saturated rings. The van der Waals surface area contributed by atoms with Crippen molar-refractivity contribution in [1.29, 1.82) is 0 Å². The van der Waals surface area contributed by atoms with E-state index in [9.17, 15) is 0 Å². The van der Waals surface area contributed by atoms with Crippen LogP contribution in [0.5, 0.6) is 0 Å². The van der Waals surface area contributed by atoms with Crippen LogP contribution in [0.4, 0.5) is 0 Å². The summed E-state index contributed by atoms with van der Waals surface area (Å²) in [5, 5.41) is 2.47. The molecular formula is C27H34N2S. The Bertz CT molecular complexity index is 1150. The van der Waals surface area contributed by atoms with Crippen molar-refractivity contribution in [3.05, 3.63) is 69.9 Å². The molecule has 3 heteroatoms. The summed E-state index contributed by atoms with van der Waals surface area (Å²) in [6.07, 6.45) is 0. The Morgan fingerprint density at radius 1 is 0.733 bits per heavy atom. The number of fused-ring (bicyclic) bond motifs is 2. The minimum Gasteiger partial charge on any atom is -0.252 e. The molecule has 2 aromatic carbocycles. The molecule has 0 atom stereocenters. The molecule has 0 aliphatic carbocycles. The van der Waals surface area contributed by atoms with Crippen LogP contribution in [0.2, 0.25) is 0 Å². The number of pyridine rings is 1. The molecule has 4 aromatic rings. The average molecular weight is 419 g/mol. The highest BCUT2D eigenvalue weighted by molar-refractivity contribution is 7.18. The first kappa shape index (κ1) is 22.4. The molecule has 4 rings (SSSR count). The maximum atomic E-state index is 4.85. The van der Waals surface area contributed by atoms with Gasteiger partial charge >= 0.3 is 0 Å². The topological polar surface area (TPSA) is 25.8 Å². The lowest BCUT2D eigenvalue weighted by molar-refractivity contribution is 0.571. The average Bonchev–Trinajstić information content (AvgIpc) is 3.10. The summed E-state index contributed by atoms with van der Waals surface area (Å²) >= 11 is 1.79. The van der Waals surface area contributed by atoms with Gasteiger partial charge in [0, 0.05) is 21.9 Å². The summed E-state index contributed by atoms with van der Waals surface area (Å²) in [5.74, 6) is 0. The third-order valence-corrected chi connectivity index (χ3v) is 6.97. The maximum absolute atomic E-state index is 4.85. The van der Waals surface area contributed by atoms with Crippen molar-refractivity contribution < 1.29 is 0 Å². The Morgan fingerprint density at radius 2 is 1.40 bits per heavy atom. The standard InChI is InChI=1S/C16H21N.C11H13NS/c1-10-9-13-7-8-14(16(4,5)6)17-15(13)12(3)11(10)2;1-11(2,3)10-12-8-6-4-5-7-9(8)13-10/h7-9H,1-6H3;4-7H,1-3H3. The van der Waals surface area contributed by atoms with Crippen LogP contribution in [0.25, 0.3) is 21.1 Å².